The van der Waals surface area contributed by atoms with Crippen LogP contribution in [0.3, 0.4) is 0 Å². The lowest BCUT2D eigenvalue weighted by molar-refractivity contribution is -0.112. The predicted octanol–water partition coefficient (Wildman–Crippen LogP) is 4.92. The molecule has 0 aromatic heterocycles. The molecule has 0 saturated heterocycles. The van der Waals surface area contributed by atoms with Crippen molar-refractivity contribution < 1.29 is 20.1 Å². The molecule has 0 unspecified atom stereocenters. The Morgan fingerprint density at radius 2 is 1.76 bits per heavy atom. The average molecular weight is 459 g/mol. The number of aliphatic hydroxyl groups excluding tert-OH is 3. The summed E-state index contributed by atoms with van der Waals surface area (Å²) in [5, 5.41) is 33.4. The summed E-state index contributed by atoms with van der Waals surface area (Å²) in [6, 6.07) is 0. The fraction of sp³-hybridized carbons (Fsp3) is 0.828. The molecule has 4 nitrogen and oxygen atoms in total. The summed E-state index contributed by atoms with van der Waals surface area (Å²) in [4.78, 5) is 12.0. The van der Waals surface area contributed by atoms with Crippen molar-refractivity contribution in [1.29, 1.82) is 0 Å². The van der Waals surface area contributed by atoms with Gasteiger partial charge in [-0.3, -0.25) is 4.79 Å². The van der Waals surface area contributed by atoms with E-state index in [1.54, 1.807) is 12.2 Å². The number of fused-ring (bicyclic) bond motifs is 5. The summed E-state index contributed by atoms with van der Waals surface area (Å²) in [6.45, 7) is 13.2. The molecule has 0 heterocycles. The Labute approximate surface area is 200 Å². The van der Waals surface area contributed by atoms with Crippen molar-refractivity contribution in [2.24, 2.45) is 52.3 Å². The van der Waals surface area contributed by atoms with Gasteiger partial charge < -0.3 is 15.3 Å². The molecule has 186 valence electrons. The third kappa shape index (κ3) is 3.89. The lowest BCUT2D eigenvalue weighted by atomic mass is 9.46. The van der Waals surface area contributed by atoms with E-state index in [1.807, 2.05) is 0 Å². The van der Waals surface area contributed by atoms with Gasteiger partial charge in [0.15, 0.2) is 5.78 Å². The van der Waals surface area contributed by atoms with Crippen molar-refractivity contribution in [3.63, 3.8) is 0 Å². The Hall–Kier alpha value is -0.970. The quantitative estimate of drug-likeness (QED) is 0.528. The molecule has 4 heteroatoms. The van der Waals surface area contributed by atoms with Gasteiger partial charge in [0.25, 0.3) is 0 Å². The molecule has 0 aliphatic heterocycles. The van der Waals surface area contributed by atoms with Gasteiger partial charge in [-0.1, -0.05) is 54.0 Å². The van der Waals surface area contributed by atoms with Gasteiger partial charge in [0.1, 0.15) is 0 Å². The van der Waals surface area contributed by atoms with Crippen molar-refractivity contribution in [3.8, 4) is 0 Å². The van der Waals surface area contributed by atoms with Crippen LogP contribution in [0.25, 0.3) is 0 Å². The Morgan fingerprint density at radius 1 is 1.06 bits per heavy atom. The van der Waals surface area contributed by atoms with Gasteiger partial charge in [-0.25, -0.2) is 0 Å². The first-order valence-electron chi connectivity index (χ1n) is 13.4. The Balaban J connectivity index is 1.57. The molecular formula is C29H46O4. The van der Waals surface area contributed by atoms with Gasteiger partial charge in [-0.15, -0.1) is 0 Å². The summed E-state index contributed by atoms with van der Waals surface area (Å²) in [5.74, 6) is 2.27. The minimum Gasteiger partial charge on any atom is -0.390 e. The SMILES string of the molecule is CC[C@@H](C(C)C)[C@H](O)[C@@H](O)[C@@H](C)[C@H]1CC[C@H]2[C@@H]3C[C@H](O)C4=CC(=O)C=C[C@]4(C)[C@H]3CC[C@]12C. The second-order valence-electron chi connectivity index (χ2n) is 12.6. The van der Waals surface area contributed by atoms with E-state index in [4.69, 9.17) is 0 Å². The predicted molar refractivity (Wildman–Crippen MR) is 131 cm³/mol. The van der Waals surface area contributed by atoms with Gasteiger partial charge >= 0.3 is 0 Å². The molecule has 33 heavy (non-hydrogen) atoms. The number of ketones is 1. The van der Waals surface area contributed by atoms with E-state index in [0.29, 0.717) is 29.6 Å². The lowest BCUT2D eigenvalue weighted by Gasteiger charge is -2.58. The minimum absolute atomic E-state index is 0.00490. The molecule has 4 aliphatic carbocycles. The summed E-state index contributed by atoms with van der Waals surface area (Å²) < 4.78 is 0. The molecule has 11 atom stereocenters. The summed E-state index contributed by atoms with van der Waals surface area (Å²) in [7, 11) is 0. The average Bonchev–Trinajstić information content (AvgIpc) is 3.11. The number of hydrogen-bond acceptors (Lipinski definition) is 4. The number of carbonyl (C=O) groups excluding carboxylic acids is 1. The molecule has 3 fully saturated rings. The molecule has 4 rings (SSSR count). The van der Waals surface area contributed by atoms with Gasteiger partial charge in [0.05, 0.1) is 18.3 Å². The largest absolute Gasteiger partial charge is 0.390 e. The maximum absolute atomic E-state index is 12.0. The fourth-order valence-corrected chi connectivity index (χ4v) is 9.06. The van der Waals surface area contributed by atoms with E-state index >= 15 is 0 Å². The molecule has 0 bridgehead atoms. The lowest BCUT2D eigenvalue weighted by Crippen LogP contribution is -2.54. The van der Waals surface area contributed by atoms with E-state index in [2.05, 4.69) is 47.6 Å². The first kappa shape index (κ1) is 25.1. The van der Waals surface area contributed by atoms with Crippen molar-refractivity contribution in [2.75, 3.05) is 0 Å². The Kier molecular flexibility index (Phi) is 6.79. The Bertz CT molecular complexity index is 814. The third-order valence-electron chi connectivity index (χ3n) is 10.9. The van der Waals surface area contributed by atoms with Crippen LogP contribution in [0.5, 0.6) is 0 Å². The van der Waals surface area contributed by atoms with Crippen LogP contribution in [0.1, 0.15) is 80.1 Å². The molecular weight excluding hydrogens is 412 g/mol. The number of hydrogen-bond donors (Lipinski definition) is 3. The highest BCUT2D eigenvalue weighted by atomic mass is 16.3. The summed E-state index contributed by atoms with van der Waals surface area (Å²) >= 11 is 0. The first-order valence-corrected chi connectivity index (χ1v) is 13.4. The van der Waals surface area contributed by atoms with Crippen molar-refractivity contribution >= 4 is 5.78 Å². The number of allylic oxidation sites excluding steroid dienone is 3. The third-order valence-corrected chi connectivity index (χ3v) is 10.9. The van der Waals surface area contributed by atoms with Gasteiger partial charge in [0, 0.05) is 5.41 Å². The van der Waals surface area contributed by atoms with Crippen molar-refractivity contribution in [1.82, 2.24) is 0 Å². The smallest absolute Gasteiger partial charge is 0.178 e. The van der Waals surface area contributed by atoms with Crippen LogP contribution in [-0.4, -0.2) is 39.4 Å². The van der Waals surface area contributed by atoms with Crippen LogP contribution in [-0.2, 0) is 4.79 Å². The maximum Gasteiger partial charge on any atom is 0.178 e. The van der Waals surface area contributed by atoms with Crippen LogP contribution in [0.15, 0.2) is 23.8 Å². The van der Waals surface area contributed by atoms with Crippen LogP contribution in [0.2, 0.25) is 0 Å². The zero-order valence-electron chi connectivity index (χ0n) is 21.5. The van der Waals surface area contributed by atoms with Gasteiger partial charge in [0.2, 0.25) is 0 Å². The van der Waals surface area contributed by atoms with E-state index in [-0.39, 0.29) is 28.4 Å². The zero-order chi connectivity index (χ0) is 24.3. The maximum atomic E-state index is 12.0. The van der Waals surface area contributed by atoms with E-state index in [0.717, 1.165) is 44.1 Å². The monoisotopic (exact) mass is 458 g/mol. The molecule has 3 saturated carbocycles. The number of carbonyl (C=O) groups is 1. The Morgan fingerprint density at radius 3 is 2.39 bits per heavy atom. The standard InChI is InChI=1S/C29H46O4/c1-7-19(16(2)3)27(33)26(32)17(4)21-8-9-22-20-15-25(31)24-14-18(30)10-12-29(24,6)23(20)11-13-28(21,22)5/h10,12,14,16-17,19-23,25-27,31-33H,7-9,11,13,15H2,1-6H3/t17-,19-,20-,21+,22-,23-,25-,26-,27-,28+,29+/m0/s1. The zero-order valence-corrected chi connectivity index (χ0v) is 21.5. The second kappa shape index (κ2) is 8.91. The summed E-state index contributed by atoms with van der Waals surface area (Å²) in [6.07, 6.45) is 9.54. The van der Waals surface area contributed by atoms with Crippen LogP contribution >= 0.6 is 0 Å². The molecule has 0 radical (unpaired) electrons. The highest BCUT2D eigenvalue weighted by molar-refractivity contribution is 6.01. The van der Waals surface area contributed by atoms with Crippen LogP contribution < -0.4 is 0 Å². The van der Waals surface area contributed by atoms with E-state index in [9.17, 15) is 20.1 Å². The normalized spacial score (nSPS) is 43.9. The highest BCUT2D eigenvalue weighted by Crippen LogP contribution is 2.67. The molecule has 3 N–H and O–H groups in total. The molecule has 0 spiro atoms. The van der Waals surface area contributed by atoms with E-state index in [1.165, 1.54) is 0 Å². The minimum atomic E-state index is -0.702. The second-order valence-corrected chi connectivity index (χ2v) is 12.6. The van der Waals surface area contributed by atoms with Gasteiger partial charge in [-0.05, 0) is 96.7 Å². The molecule has 0 aromatic carbocycles. The van der Waals surface area contributed by atoms with Crippen LogP contribution in [0, 0.1) is 52.3 Å². The molecule has 4 aliphatic rings. The summed E-state index contributed by atoms with van der Waals surface area (Å²) in [5.41, 5.74) is 0.801. The number of aliphatic hydroxyl groups is 3. The van der Waals surface area contributed by atoms with Crippen molar-refractivity contribution in [3.05, 3.63) is 23.8 Å². The van der Waals surface area contributed by atoms with Gasteiger partial charge in [-0.2, -0.15) is 0 Å². The topological polar surface area (TPSA) is 77.8 Å². The number of rotatable bonds is 6. The highest BCUT2D eigenvalue weighted by Gasteiger charge is 2.61. The first-order chi connectivity index (χ1) is 15.5. The van der Waals surface area contributed by atoms with Crippen molar-refractivity contribution in [2.45, 2.75) is 98.4 Å². The molecule has 0 aromatic rings. The van der Waals surface area contributed by atoms with Crippen LogP contribution in [0.4, 0.5) is 0 Å². The fourth-order valence-electron chi connectivity index (χ4n) is 9.06. The molecule has 0 amide bonds. The van der Waals surface area contributed by atoms with E-state index < -0.39 is 18.3 Å².